The van der Waals surface area contributed by atoms with Crippen molar-refractivity contribution in [3.8, 4) is 22.6 Å². The van der Waals surface area contributed by atoms with Crippen molar-refractivity contribution < 1.29 is 28.2 Å². The number of likely N-dealkylation sites (tertiary alicyclic amines) is 1. The van der Waals surface area contributed by atoms with Crippen molar-refractivity contribution in [3.63, 3.8) is 0 Å². The van der Waals surface area contributed by atoms with E-state index in [1.165, 1.54) is 12.1 Å². The molecule has 1 aromatic heterocycles. The number of nitrogens with zero attached hydrogens (tertiary/aromatic N) is 3. The Morgan fingerprint density at radius 1 is 1.00 bits per heavy atom. The van der Waals surface area contributed by atoms with Crippen LogP contribution < -0.4 is 20.1 Å². The first-order valence-electron chi connectivity index (χ1n) is 14.4. The topological polar surface area (TPSA) is 115 Å². The van der Waals surface area contributed by atoms with E-state index in [4.69, 9.17) is 9.47 Å². The average Bonchev–Trinajstić information content (AvgIpc) is 3.63. The number of halogens is 1. The molecule has 11 heteroatoms. The van der Waals surface area contributed by atoms with Gasteiger partial charge in [0.25, 0.3) is 11.8 Å². The number of aromatic nitrogens is 2. The Kier molecular flexibility index (Phi) is 8.27. The summed E-state index contributed by atoms with van der Waals surface area (Å²) >= 11 is 0. The normalized spacial score (nSPS) is 18.5. The molecule has 7 rings (SSSR count). The molecule has 4 heterocycles. The zero-order valence-electron chi connectivity index (χ0n) is 24.2. The van der Waals surface area contributed by atoms with Crippen LogP contribution in [0.4, 0.5) is 4.39 Å². The molecular weight excluding hydrogens is 565 g/mol. The monoisotopic (exact) mass is 597 g/mol. The standard InChI is InChI=1S/C33H32FN5O5/c1-38-24(13-14-36-38)8-12-32(41)39-18-29-30(19-39)44-25-9-5-21(6-10-25)17-35-31(40)20-43-26-4-2-3-22(15-26)23-7-11-28(34)27(16-23)33(42)37-29/h2-7,9-11,13-16,29-30H,8,12,17-20H2,1H3,(H,35,40)(H,37,42)/t29-,30-/m0/s1. The number of aryl methyl sites for hydroxylation is 2. The van der Waals surface area contributed by atoms with Crippen molar-refractivity contribution >= 4 is 17.7 Å². The van der Waals surface area contributed by atoms with Crippen molar-refractivity contribution in [2.75, 3.05) is 19.7 Å². The van der Waals surface area contributed by atoms with Gasteiger partial charge in [0.05, 0.1) is 18.2 Å². The van der Waals surface area contributed by atoms with E-state index >= 15 is 4.39 Å². The maximum Gasteiger partial charge on any atom is 0.258 e. The van der Waals surface area contributed by atoms with Gasteiger partial charge in [-0.3, -0.25) is 19.1 Å². The highest BCUT2D eigenvalue weighted by Crippen LogP contribution is 2.27. The van der Waals surface area contributed by atoms with Gasteiger partial charge in [-0.1, -0.05) is 30.3 Å². The van der Waals surface area contributed by atoms with Gasteiger partial charge in [0.15, 0.2) is 6.61 Å². The second-order valence-electron chi connectivity index (χ2n) is 10.9. The molecule has 0 saturated carbocycles. The van der Waals surface area contributed by atoms with Crippen LogP contribution in [-0.2, 0) is 29.6 Å². The first-order chi connectivity index (χ1) is 21.3. The summed E-state index contributed by atoms with van der Waals surface area (Å²) in [7, 11) is 1.83. The van der Waals surface area contributed by atoms with Crippen molar-refractivity contribution in [1.82, 2.24) is 25.3 Å². The van der Waals surface area contributed by atoms with Gasteiger partial charge in [0, 0.05) is 38.4 Å². The van der Waals surface area contributed by atoms with Crippen LogP contribution in [0.1, 0.15) is 28.0 Å². The molecule has 226 valence electrons. The zero-order valence-corrected chi connectivity index (χ0v) is 24.2. The van der Waals surface area contributed by atoms with Crippen LogP contribution in [0.15, 0.2) is 79.0 Å². The van der Waals surface area contributed by atoms with Gasteiger partial charge in [-0.05, 0) is 65.6 Å². The Morgan fingerprint density at radius 3 is 2.61 bits per heavy atom. The predicted octanol–water partition coefficient (Wildman–Crippen LogP) is 3.26. The summed E-state index contributed by atoms with van der Waals surface area (Å²) in [6.07, 6.45) is 1.91. The van der Waals surface area contributed by atoms with Crippen LogP contribution in [0.2, 0.25) is 0 Å². The molecular formula is C33H32FN5O5. The predicted molar refractivity (Wildman–Crippen MR) is 159 cm³/mol. The van der Waals surface area contributed by atoms with Crippen molar-refractivity contribution in [2.24, 2.45) is 7.05 Å². The van der Waals surface area contributed by atoms with Gasteiger partial charge in [-0.25, -0.2) is 4.39 Å². The third-order valence-electron chi connectivity index (χ3n) is 7.90. The Hall–Kier alpha value is -5.19. The molecule has 3 aliphatic heterocycles. The second-order valence-corrected chi connectivity index (χ2v) is 10.9. The Balaban J connectivity index is 1.28. The van der Waals surface area contributed by atoms with Gasteiger partial charge in [-0.2, -0.15) is 5.10 Å². The van der Waals surface area contributed by atoms with E-state index in [0.717, 1.165) is 11.3 Å². The highest BCUT2D eigenvalue weighted by molar-refractivity contribution is 5.96. The minimum absolute atomic E-state index is 0.0801. The highest BCUT2D eigenvalue weighted by Gasteiger charge is 2.38. The molecule has 1 saturated heterocycles. The lowest BCUT2D eigenvalue weighted by Gasteiger charge is -2.21. The Labute approximate surface area is 253 Å². The Morgan fingerprint density at radius 2 is 1.82 bits per heavy atom. The molecule has 3 aliphatic rings. The minimum Gasteiger partial charge on any atom is -0.486 e. The van der Waals surface area contributed by atoms with Gasteiger partial charge >= 0.3 is 0 Å². The number of carbonyl (C=O) groups is 3. The number of hydrogen-bond acceptors (Lipinski definition) is 6. The molecule has 10 nitrogen and oxygen atoms in total. The molecule has 0 aliphatic carbocycles. The van der Waals surface area contributed by atoms with E-state index in [0.29, 0.717) is 35.6 Å². The van der Waals surface area contributed by atoms with Crippen molar-refractivity contribution in [2.45, 2.75) is 31.5 Å². The van der Waals surface area contributed by atoms with Crippen LogP contribution in [0.5, 0.6) is 11.5 Å². The van der Waals surface area contributed by atoms with Gasteiger partial charge in [-0.15, -0.1) is 0 Å². The molecule has 3 amide bonds. The summed E-state index contributed by atoms with van der Waals surface area (Å²) in [6, 6.07) is 19.8. The summed E-state index contributed by atoms with van der Waals surface area (Å²) in [5.41, 5.74) is 2.96. The fraction of sp³-hybridized carbons (Fsp3) is 0.273. The molecule has 0 spiro atoms. The molecule has 44 heavy (non-hydrogen) atoms. The summed E-state index contributed by atoms with van der Waals surface area (Å²) in [5.74, 6) is -0.645. The SMILES string of the molecule is Cn1nccc1CCC(=O)N1C[C@@H]2NC(=O)c3cc(ccc3F)-c3cccc(c3)OCC(=O)NCc3ccc(cc3)O[C@H]2C1. The van der Waals surface area contributed by atoms with Crippen LogP contribution in [0.25, 0.3) is 11.1 Å². The van der Waals surface area contributed by atoms with E-state index in [2.05, 4.69) is 15.7 Å². The Bertz CT molecular complexity index is 1690. The van der Waals surface area contributed by atoms with E-state index in [-0.39, 0.29) is 43.5 Å². The molecule has 0 radical (unpaired) electrons. The lowest BCUT2D eigenvalue weighted by atomic mass is 10.0. The zero-order chi connectivity index (χ0) is 30.6. The van der Waals surface area contributed by atoms with Crippen LogP contribution in [0.3, 0.4) is 0 Å². The van der Waals surface area contributed by atoms with Gasteiger partial charge < -0.3 is 25.0 Å². The molecule has 4 aromatic rings. The number of hydrogen-bond donors (Lipinski definition) is 2. The maximum atomic E-state index is 15.0. The number of carbonyl (C=O) groups excluding carboxylic acids is 3. The average molecular weight is 598 g/mol. The molecule has 2 N–H and O–H groups in total. The minimum atomic E-state index is -0.673. The van der Waals surface area contributed by atoms with Crippen molar-refractivity contribution in [1.29, 1.82) is 0 Å². The van der Waals surface area contributed by atoms with E-state index in [9.17, 15) is 14.4 Å². The van der Waals surface area contributed by atoms with Gasteiger partial charge in [0.1, 0.15) is 23.4 Å². The first kappa shape index (κ1) is 28.9. The van der Waals surface area contributed by atoms with Gasteiger partial charge in [0.2, 0.25) is 5.91 Å². The number of benzene rings is 3. The fourth-order valence-electron chi connectivity index (χ4n) is 5.43. The number of rotatable bonds is 3. The molecule has 3 aromatic carbocycles. The lowest BCUT2D eigenvalue weighted by molar-refractivity contribution is -0.130. The highest BCUT2D eigenvalue weighted by atomic mass is 19.1. The smallest absolute Gasteiger partial charge is 0.258 e. The lowest BCUT2D eigenvalue weighted by Crippen LogP contribution is -2.45. The van der Waals surface area contributed by atoms with Crippen LogP contribution >= 0.6 is 0 Å². The maximum absolute atomic E-state index is 15.0. The molecule has 6 bridgehead atoms. The number of ether oxygens (including phenoxy) is 2. The summed E-state index contributed by atoms with van der Waals surface area (Å²) < 4.78 is 28.7. The van der Waals surface area contributed by atoms with E-state index in [1.54, 1.807) is 52.2 Å². The summed E-state index contributed by atoms with van der Waals surface area (Å²) in [5, 5.41) is 9.93. The van der Waals surface area contributed by atoms with Crippen molar-refractivity contribution in [3.05, 3.63) is 102 Å². The number of amides is 3. The fourth-order valence-corrected chi connectivity index (χ4v) is 5.43. The summed E-state index contributed by atoms with van der Waals surface area (Å²) in [4.78, 5) is 40.8. The van der Waals surface area contributed by atoms with Crippen LogP contribution in [-0.4, -0.2) is 64.2 Å². The second kappa shape index (κ2) is 12.6. The third kappa shape index (κ3) is 6.56. The number of fused-ring (bicyclic) bond motifs is 7. The molecule has 2 atom stereocenters. The van der Waals surface area contributed by atoms with E-state index < -0.39 is 23.9 Å². The quantitative estimate of drug-likeness (QED) is 0.375. The first-order valence-corrected chi connectivity index (χ1v) is 14.4. The molecule has 1 fully saturated rings. The molecule has 0 unspecified atom stereocenters. The summed E-state index contributed by atoms with van der Waals surface area (Å²) in [6.45, 7) is 0.595. The largest absolute Gasteiger partial charge is 0.486 e. The third-order valence-corrected chi connectivity index (χ3v) is 7.90. The van der Waals surface area contributed by atoms with E-state index in [1.807, 2.05) is 31.3 Å². The number of nitrogens with one attached hydrogen (secondary N) is 2. The van der Waals surface area contributed by atoms with Crippen LogP contribution in [0, 0.1) is 5.82 Å².